The van der Waals surface area contributed by atoms with Crippen molar-refractivity contribution >= 4 is 17.7 Å². The Kier molecular flexibility index (Phi) is 5.74. The molecule has 0 saturated carbocycles. The number of aromatic nitrogens is 1. The van der Waals surface area contributed by atoms with Gasteiger partial charge in [-0.05, 0) is 35.4 Å². The van der Waals surface area contributed by atoms with Gasteiger partial charge in [0.1, 0.15) is 27.8 Å². The van der Waals surface area contributed by atoms with Gasteiger partial charge in [0, 0.05) is 5.56 Å². The monoisotopic (exact) mass is 492 g/mol. The van der Waals surface area contributed by atoms with E-state index in [1.165, 1.54) is 18.2 Å². The van der Waals surface area contributed by atoms with Crippen LogP contribution in [0.5, 0.6) is 11.5 Å². The van der Waals surface area contributed by atoms with Crippen LogP contribution in [0.3, 0.4) is 0 Å². The van der Waals surface area contributed by atoms with E-state index in [4.69, 9.17) is 0 Å². The van der Waals surface area contributed by atoms with E-state index in [0.717, 1.165) is 35.0 Å². The second-order valence-corrected chi connectivity index (χ2v) is 8.34. The maximum atomic E-state index is 15.0. The quantitative estimate of drug-likeness (QED) is 0.509. The maximum absolute atomic E-state index is 15.0. The third kappa shape index (κ3) is 4.17. The third-order valence-electron chi connectivity index (χ3n) is 5.01. The number of carbonyl (C=O) groups is 1. The number of ether oxygens (including phenoxy) is 1. The van der Waals surface area contributed by atoms with E-state index in [1.807, 2.05) is 6.07 Å². The smallest absolute Gasteiger partial charge is 0.506 e. The molecule has 12 heteroatoms. The van der Waals surface area contributed by atoms with E-state index in [0.29, 0.717) is 11.8 Å². The molecule has 2 atom stereocenters. The van der Waals surface area contributed by atoms with Gasteiger partial charge in [-0.2, -0.15) is 5.26 Å². The van der Waals surface area contributed by atoms with Crippen molar-refractivity contribution in [3.05, 3.63) is 76.0 Å². The van der Waals surface area contributed by atoms with Gasteiger partial charge >= 0.3 is 12.3 Å². The molecule has 2 heterocycles. The summed E-state index contributed by atoms with van der Waals surface area (Å²) in [5.41, 5.74) is -1.32. The molecule has 0 aliphatic carbocycles. The van der Waals surface area contributed by atoms with E-state index in [9.17, 15) is 38.2 Å². The first-order chi connectivity index (χ1) is 16.0. The predicted molar refractivity (Wildman–Crippen MR) is 112 cm³/mol. The number of aliphatic carboxylic acids is 1. The summed E-state index contributed by atoms with van der Waals surface area (Å²) < 4.78 is 57.1. The summed E-state index contributed by atoms with van der Waals surface area (Å²) in [7, 11) is 0. The van der Waals surface area contributed by atoms with Crippen LogP contribution in [0.25, 0.3) is 16.8 Å². The molecule has 1 aliphatic heterocycles. The standard InChI is InChI=1S/C22H12F4N2O5S/c23-13-7-11(10-2-1-3-12(6-10)33-22(24,25)26)4-5-14(13)28-9-15(29)17-16(8-27)34-19(21(31)32)18(17)20(28)30/h1-7,9,16,19,29H,(H,31,32). The highest BCUT2D eigenvalue weighted by Crippen LogP contribution is 2.52. The number of carboxylic acid groups (broad SMARTS) is 1. The Morgan fingerprint density at radius 2 is 1.85 bits per heavy atom. The molecule has 0 spiro atoms. The number of alkyl halides is 3. The Bertz CT molecular complexity index is 1410. The van der Waals surface area contributed by atoms with E-state index in [1.54, 1.807) is 0 Å². The van der Waals surface area contributed by atoms with Gasteiger partial charge in [0.05, 0.1) is 23.5 Å². The number of carboxylic acids is 1. The average Bonchev–Trinajstić information content (AvgIpc) is 3.16. The zero-order valence-electron chi connectivity index (χ0n) is 16.7. The molecule has 174 valence electrons. The van der Waals surface area contributed by atoms with Crippen LogP contribution >= 0.6 is 11.8 Å². The minimum absolute atomic E-state index is 0.125. The number of benzene rings is 2. The highest BCUT2D eigenvalue weighted by molar-refractivity contribution is 8.01. The highest BCUT2D eigenvalue weighted by atomic mass is 32.2. The third-order valence-corrected chi connectivity index (χ3v) is 6.34. The summed E-state index contributed by atoms with van der Waals surface area (Å²) in [6.45, 7) is 0. The molecule has 2 unspecified atom stereocenters. The first-order valence-corrected chi connectivity index (χ1v) is 10.4. The number of nitrogens with zero attached hydrogens (tertiary/aromatic N) is 2. The fourth-order valence-corrected chi connectivity index (χ4v) is 4.84. The summed E-state index contributed by atoms with van der Waals surface area (Å²) in [4.78, 5) is 24.7. The number of hydrogen-bond donors (Lipinski definition) is 2. The van der Waals surface area contributed by atoms with Crippen molar-refractivity contribution in [3.63, 3.8) is 0 Å². The molecule has 0 radical (unpaired) electrons. The lowest BCUT2D eigenvalue weighted by molar-refractivity contribution is -0.274. The van der Waals surface area contributed by atoms with Gasteiger partial charge < -0.3 is 14.9 Å². The van der Waals surface area contributed by atoms with Crippen LogP contribution < -0.4 is 10.3 Å². The van der Waals surface area contributed by atoms with Crippen LogP contribution in [0.1, 0.15) is 21.6 Å². The topological polar surface area (TPSA) is 113 Å². The molecule has 1 aromatic heterocycles. The van der Waals surface area contributed by atoms with Crippen LogP contribution in [-0.4, -0.2) is 27.1 Å². The molecule has 4 rings (SSSR count). The number of pyridine rings is 1. The SMILES string of the molecule is N#CC1SC(C(=O)O)c2c1c(O)cn(-c1ccc(-c3cccc(OC(F)(F)F)c3)cc1F)c2=O. The lowest BCUT2D eigenvalue weighted by Gasteiger charge is -2.14. The van der Waals surface area contributed by atoms with Crippen LogP contribution in [0.2, 0.25) is 0 Å². The molecule has 3 aromatic rings. The van der Waals surface area contributed by atoms with Crippen molar-refractivity contribution in [3.8, 4) is 34.4 Å². The van der Waals surface area contributed by atoms with Gasteiger partial charge in [-0.25, -0.2) is 4.39 Å². The molecule has 1 aliphatic rings. The normalized spacial score (nSPS) is 17.1. The fourth-order valence-electron chi connectivity index (χ4n) is 3.64. The van der Waals surface area contributed by atoms with Crippen LogP contribution in [0.15, 0.2) is 53.5 Å². The largest absolute Gasteiger partial charge is 0.573 e. The van der Waals surface area contributed by atoms with Crippen molar-refractivity contribution in [2.75, 3.05) is 0 Å². The molecule has 0 amide bonds. The Hall–Kier alpha value is -3.98. The van der Waals surface area contributed by atoms with Crippen molar-refractivity contribution in [2.24, 2.45) is 0 Å². The summed E-state index contributed by atoms with van der Waals surface area (Å²) >= 11 is 0.669. The van der Waals surface area contributed by atoms with E-state index < -0.39 is 45.7 Å². The van der Waals surface area contributed by atoms with Gasteiger partial charge in [-0.3, -0.25) is 14.2 Å². The number of hydrogen-bond acceptors (Lipinski definition) is 6. The molecule has 2 N–H and O–H groups in total. The van der Waals surface area contributed by atoms with Gasteiger partial charge in [-0.15, -0.1) is 24.9 Å². The first kappa shape index (κ1) is 23.2. The molecule has 0 fully saturated rings. The second-order valence-electron chi connectivity index (χ2n) is 7.12. The summed E-state index contributed by atoms with van der Waals surface area (Å²) in [6, 6.07) is 10.2. The zero-order valence-corrected chi connectivity index (χ0v) is 17.5. The average molecular weight is 492 g/mol. The molecule has 34 heavy (non-hydrogen) atoms. The second kappa shape index (κ2) is 8.42. The number of rotatable bonds is 4. The number of aromatic hydroxyl groups is 1. The maximum Gasteiger partial charge on any atom is 0.573 e. The van der Waals surface area contributed by atoms with Crippen LogP contribution in [-0.2, 0) is 4.79 Å². The first-order valence-electron chi connectivity index (χ1n) is 9.42. The molecule has 0 saturated heterocycles. The Labute approximate surface area is 192 Å². The van der Waals surface area contributed by atoms with E-state index >= 15 is 4.39 Å². The minimum Gasteiger partial charge on any atom is -0.506 e. The Balaban J connectivity index is 1.79. The summed E-state index contributed by atoms with van der Waals surface area (Å²) in [5.74, 6) is -3.40. The molecule has 7 nitrogen and oxygen atoms in total. The van der Waals surface area contributed by atoms with Crippen LogP contribution in [0.4, 0.5) is 17.6 Å². The van der Waals surface area contributed by atoms with Crippen molar-refractivity contribution in [1.82, 2.24) is 4.57 Å². The lowest BCUT2D eigenvalue weighted by Crippen LogP contribution is -2.26. The molecular formula is C22H12F4N2O5S. The number of fused-ring (bicyclic) bond motifs is 1. The molecule has 2 aromatic carbocycles. The number of halogens is 4. The van der Waals surface area contributed by atoms with Crippen molar-refractivity contribution in [1.29, 1.82) is 5.26 Å². The van der Waals surface area contributed by atoms with Gasteiger partial charge in [-0.1, -0.05) is 18.2 Å². The predicted octanol–water partition coefficient (Wildman–Crippen LogP) is 4.68. The zero-order chi connectivity index (χ0) is 24.8. The van der Waals surface area contributed by atoms with E-state index in [2.05, 4.69) is 4.74 Å². The Morgan fingerprint density at radius 3 is 2.47 bits per heavy atom. The van der Waals surface area contributed by atoms with E-state index in [-0.39, 0.29) is 27.9 Å². The lowest BCUT2D eigenvalue weighted by atomic mass is 10.0. The van der Waals surface area contributed by atoms with Crippen molar-refractivity contribution < 1.29 is 37.3 Å². The Morgan fingerprint density at radius 1 is 1.15 bits per heavy atom. The summed E-state index contributed by atoms with van der Waals surface area (Å²) in [6.07, 6.45) is -4.01. The van der Waals surface area contributed by atoms with Gasteiger partial charge in [0.15, 0.2) is 0 Å². The van der Waals surface area contributed by atoms with Gasteiger partial charge in [0.25, 0.3) is 5.56 Å². The summed E-state index contributed by atoms with van der Waals surface area (Å²) in [5, 5.41) is 26.6. The fraction of sp³-hybridized carbons (Fsp3) is 0.136. The molecule has 0 bridgehead atoms. The van der Waals surface area contributed by atoms with Crippen LogP contribution in [0, 0.1) is 17.1 Å². The minimum atomic E-state index is -4.90. The number of thioether (sulfide) groups is 1. The highest BCUT2D eigenvalue weighted by Gasteiger charge is 2.41. The van der Waals surface area contributed by atoms with Crippen molar-refractivity contribution in [2.45, 2.75) is 16.9 Å². The number of nitriles is 1. The molecular weight excluding hydrogens is 480 g/mol. The van der Waals surface area contributed by atoms with Gasteiger partial charge in [0.2, 0.25) is 0 Å².